The summed E-state index contributed by atoms with van der Waals surface area (Å²) in [4.78, 5) is 0. The second-order valence-electron chi connectivity index (χ2n) is 6.99. The molecule has 1 nitrogen and oxygen atoms in total. The smallest absolute Gasteiger partial charge is 0.0465 e. The number of aliphatic hydroxyl groups is 1. The molecule has 2 rings (SSSR count). The highest BCUT2D eigenvalue weighted by Crippen LogP contribution is 2.55. The van der Waals surface area contributed by atoms with Gasteiger partial charge in [-0.1, -0.05) is 38.8 Å². The van der Waals surface area contributed by atoms with Crippen LogP contribution in [0.2, 0.25) is 0 Å². The molecule has 18 heavy (non-hydrogen) atoms. The zero-order valence-electron chi connectivity index (χ0n) is 12.4. The minimum absolute atomic E-state index is 0.304. The average Bonchev–Trinajstić information content (AvgIpc) is 2.36. The molecule has 0 aromatic heterocycles. The van der Waals surface area contributed by atoms with Crippen molar-refractivity contribution in [3.8, 4) is 0 Å². The summed E-state index contributed by atoms with van der Waals surface area (Å²) in [6.45, 7) is 7.68. The van der Waals surface area contributed by atoms with Gasteiger partial charge in [0.25, 0.3) is 0 Å². The summed E-state index contributed by atoms with van der Waals surface area (Å²) in [6.07, 6.45) is 11.4. The molecule has 0 aromatic carbocycles. The molecule has 1 N–H and O–H groups in total. The summed E-state index contributed by atoms with van der Waals surface area (Å²) in [5, 5.41) is 8.97. The molecule has 0 spiro atoms. The van der Waals surface area contributed by atoms with Gasteiger partial charge in [-0.2, -0.15) is 0 Å². The van der Waals surface area contributed by atoms with Crippen molar-refractivity contribution in [1.29, 1.82) is 0 Å². The first-order valence-corrected chi connectivity index (χ1v) is 7.88. The van der Waals surface area contributed by atoms with E-state index < -0.39 is 0 Å². The fourth-order valence-electron chi connectivity index (χ4n) is 4.61. The minimum atomic E-state index is 0.304. The molecule has 2 aliphatic rings. The van der Waals surface area contributed by atoms with Crippen molar-refractivity contribution in [3.05, 3.63) is 11.6 Å². The molecular formula is C17H30O. The van der Waals surface area contributed by atoms with Crippen molar-refractivity contribution in [2.45, 2.75) is 65.7 Å². The molecule has 0 heterocycles. The van der Waals surface area contributed by atoms with E-state index in [0.29, 0.717) is 12.0 Å². The van der Waals surface area contributed by atoms with Crippen LogP contribution in [0.1, 0.15) is 65.7 Å². The quantitative estimate of drug-likeness (QED) is 0.728. The Balaban J connectivity index is 2.10. The Kier molecular flexibility index (Phi) is 4.53. The van der Waals surface area contributed by atoms with Gasteiger partial charge in [-0.25, -0.2) is 0 Å². The number of rotatable bonds is 3. The average molecular weight is 250 g/mol. The van der Waals surface area contributed by atoms with Crippen molar-refractivity contribution in [3.63, 3.8) is 0 Å². The largest absolute Gasteiger partial charge is 0.396 e. The summed E-state index contributed by atoms with van der Waals surface area (Å²) >= 11 is 0. The molecule has 2 aliphatic carbocycles. The van der Waals surface area contributed by atoms with E-state index >= 15 is 0 Å². The van der Waals surface area contributed by atoms with Gasteiger partial charge in [0, 0.05) is 6.61 Å². The van der Waals surface area contributed by atoms with Gasteiger partial charge in [0.15, 0.2) is 0 Å². The van der Waals surface area contributed by atoms with Gasteiger partial charge in [-0.15, -0.1) is 0 Å². The molecule has 0 amide bonds. The minimum Gasteiger partial charge on any atom is -0.396 e. The molecule has 104 valence electrons. The highest BCUT2D eigenvalue weighted by molar-refractivity contribution is 5.11. The van der Waals surface area contributed by atoms with Crippen LogP contribution in [0.4, 0.5) is 0 Å². The zero-order valence-corrected chi connectivity index (χ0v) is 12.4. The fourth-order valence-corrected chi connectivity index (χ4v) is 4.61. The molecular weight excluding hydrogens is 220 g/mol. The lowest BCUT2D eigenvalue weighted by atomic mass is 9.53. The van der Waals surface area contributed by atoms with Crippen molar-refractivity contribution in [2.75, 3.05) is 6.61 Å². The van der Waals surface area contributed by atoms with E-state index in [1.54, 1.807) is 5.57 Å². The van der Waals surface area contributed by atoms with Crippen LogP contribution in [0.25, 0.3) is 0 Å². The SMILES string of the molecule is CC[C@H]1CC[C@@H]2CCC(=CCCO)C[C@H]2C1(C)C. The van der Waals surface area contributed by atoms with Gasteiger partial charge in [0.2, 0.25) is 0 Å². The maximum Gasteiger partial charge on any atom is 0.0465 e. The van der Waals surface area contributed by atoms with E-state index in [1.165, 1.54) is 38.5 Å². The third-order valence-electron chi connectivity index (χ3n) is 5.84. The van der Waals surface area contributed by atoms with E-state index in [4.69, 9.17) is 5.11 Å². The van der Waals surface area contributed by atoms with Crippen LogP contribution < -0.4 is 0 Å². The second-order valence-corrected chi connectivity index (χ2v) is 6.99. The van der Waals surface area contributed by atoms with Gasteiger partial charge < -0.3 is 5.11 Å². The maximum atomic E-state index is 8.97. The Labute approximate surface area is 113 Å². The molecule has 1 heteroatoms. The van der Waals surface area contributed by atoms with Gasteiger partial charge >= 0.3 is 0 Å². The summed E-state index contributed by atoms with van der Waals surface area (Å²) in [7, 11) is 0. The molecule has 0 saturated heterocycles. The Morgan fingerprint density at radius 3 is 2.72 bits per heavy atom. The first-order chi connectivity index (χ1) is 8.59. The van der Waals surface area contributed by atoms with Gasteiger partial charge in [0.05, 0.1) is 0 Å². The fraction of sp³-hybridized carbons (Fsp3) is 0.882. The second kappa shape index (κ2) is 5.77. The van der Waals surface area contributed by atoms with Crippen LogP contribution in [0.3, 0.4) is 0 Å². The lowest BCUT2D eigenvalue weighted by Gasteiger charge is -2.52. The monoisotopic (exact) mass is 250 g/mol. The molecule has 2 fully saturated rings. The van der Waals surface area contributed by atoms with Gasteiger partial charge in [-0.3, -0.25) is 0 Å². The molecule has 3 atom stereocenters. The number of hydrogen-bond acceptors (Lipinski definition) is 1. The molecule has 0 bridgehead atoms. The molecule has 0 aliphatic heterocycles. The van der Waals surface area contributed by atoms with Crippen molar-refractivity contribution < 1.29 is 5.11 Å². The summed E-state index contributed by atoms with van der Waals surface area (Å²) < 4.78 is 0. The van der Waals surface area contributed by atoms with Crippen LogP contribution >= 0.6 is 0 Å². The van der Waals surface area contributed by atoms with E-state index in [1.807, 2.05) is 0 Å². The van der Waals surface area contributed by atoms with E-state index in [9.17, 15) is 0 Å². The third-order valence-corrected chi connectivity index (χ3v) is 5.84. The van der Waals surface area contributed by atoms with E-state index in [-0.39, 0.29) is 0 Å². The summed E-state index contributed by atoms with van der Waals surface area (Å²) in [6, 6.07) is 0. The Bertz CT molecular complexity index is 303. The van der Waals surface area contributed by atoms with Crippen LogP contribution in [-0.4, -0.2) is 11.7 Å². The number of allylic oxidation sites excluding steroid dienone is 1. The highest BCUT2D eigenvalue weighted by atomic mass is 16.2. The predicted molar refractivity (Wildman–Crippen MR) is 77.4 cm³/mol. The number of aliphatic hydroxyl groups excluding tert-OH is 1. The molecule has 2 saturated carbocycles. The van der Waals surface area contributed by atoms with Crippen molar-refractivity contribution >= 4 is 0 Å². The molecule has 0 unspecified atom stereocenters. The Hall–Kier alpha value is -0.300. The van der Waals surface area contributed by atoms with Gasteiger partial charge in [0.1, 0.15) is 0 Å². The summed E-state index contributed by atoms with van der Waals surface area (Å²) in [5.74, 6) is 2.76. The van der Waals surface area contributed by atoms with Crippen LogP contribution in [0.15, 0.2) is 11.6 Å². The summed E-state index contributed by atoms with van der Waals surface area (Å²) in [5.41, 5.74) is 2.13. The third kappa shape index (κ3) is 2.66. The lowest BCUT2D eigenvalue weighted by molar-refractivity contribution is -0.00286. The lowest BCUT2D eigenvalue weighted by Crippen LogP contribution is -2.43. The van der Waals surface area contributed by atoms with Crippen LogP contribution in [-0.2, 0) is 0 Å². The van der Waals surface area contributed by atoms with E-state index in [0.717, 1.165) is 24.2 Å². The molecule has 0 radical (unpaired) electrons. The van der Waals surface area contributed by atoms with Crippen molar-refractivity contribution in [1.82, 2.24) is 0 Å². The number of hydrogen-bond donors (Lipinski definition) is 1. The normalized spacial score (nSPS) is 37.6. The maximum absolute atomic E-state index is 8.97. The zero-order chi connectivity index (χ0) is 13.2. The predicted octanol–water partition coefficient (Wildman–Crippen LogP) is 4.56. The van der Waals surface area contributed by atoms with E-state index in [2.05, 4.69) is 26.8 Å². The topological polar surface area (TPSA) is 20.2 Å². The van der Waals surface area contributed by atoms with Crippen LogP contribution in [0, 0.1) is 23.2 Å². The number of fused-ring (bicyclic) bond motifs is 1. The first-order valence-electron chi connectivity index (χ1n) is 7.88. The van der Waals surface area contributed by atoms with Crippen molar-refractivity contribution in [2.24, 2.45) is 23.2 Å². The molecule has 0 aromatic rings. The Morgan fingerprint density at radius 2 is 2.06 bits per heavy atom. The first kappa shape index (κ1) is 14.1. The van der Waals surface area contributed by atoms with Crippen LogP contribution in [0.5, 0.6) is 0 Å². The Morgan fingerprint density at radius 1 is 1.28 bits per heavy atom. The highest BCUT2D eigenvalue weighted by Gasteiger charge is 2.45. The standard InChI is InChI=1S/C17H30O/c1-4-15-10-9-14-8-7-13(6-5-11-18)12-16(14)17(15,2)3/h6,14-16,18H,4-5,7-12H2,1-3H3/t14-,15-,16+/m0/s1. The van der Waals surface area contributed by atoms with Gasteiger partial charge in [-0.05, 0) is 61.7 Å².